The van der Waals surface area contributed by atoms with Gasteiger partial charge in [-0.3, -0.25) is 9.98 Å². The molecule has 1 aliphatic rings. The second kappa shape index (κ2) is 8.56. The molecule has 0 radical (unpaired) electrons. The maximum Gasteiger partial charge on any atom is 0.0723 e. The van der Waals surface area contributed by atoms with E-state index in [0.717, 1.165) is 25.7 Å². The van der Waals surface area contributed by atoms with Gasteiger partial charge in [-0.05, 0) is 48.2 Å². The molecule has 1 saturated carbocycles. The molecule has 0 bridgehead atoms. The zero-order valence-corrected chi connectivity index (χ0v) is 15.6. The van der Waals surface area contributed by atoms with E-state index >= 15 is 0 Å². The van der Waals surface area contributed by atoms with Gasteiger partial charge in [0.2, 0.25) is 0 Å². The van der Waals surface area contributed by atoms with Crippen LogP contribution in [0.4, 0.5) is 0 Å². The van der Waals surface area contributed by atoms with Crippen molar-refractivity contribution in [1.29, 1.82) is 0 Å². The van der Waals surface area contributed by atoms with Crippen molar-refractivity contribution in [2.45, 2.75) is 37.8 Å². The van der Waals surface area contributed by atoms with Gasteiger partial charge in [0.05, 0.1) is 12.1 Å². The van der Waals surface area contributed by atoms with Crippen molar-refractivity contribution in [1.82, 2.24) is 0 Å². The summed E-state index contributed by atoms with van der Waals surface area (Å²) in [6, 6.07) is 9.21. The molecule has 136 valence electrons. The van der Waals surface area contributed by atoms with E-state index in [2.05, 4.69) is 9.98 Å². The van der Waals surface area contributed by atoms with Crippen molar-refractivity contribution in [3.63, 3.8) is 0 Å². The first-order valence-corrected chi connectivity index (χ1v) is 9.28. The second-order valence-electron chi connectivity index (χ2n) is 6.34. The first kappa shape index (κ1) is 18.7. The highest BCUT2D eigenvalue weighted by Crippen LogP contribution is 2.25. The third-order valence-corrected chi connectivity index (χ3v) is 4.92. The minimum atomic E-state index is -0.107. The summed E-state index contributed by atoms with van der Waals surface area (Å²) < 4.78 is 0. The van der Waals surface area contributed by atoms with E-state index < -0.39 is 0 Å². The lowest BCUT2D eigenvalue weighted by molar-refractivity contribution is -0.269. The molecule has 0 aliphatic heterocycles. The topological polar surface area (TPSA) is 70.8 Å². The molecule has 1 aliphatic carbocycles. The molecule has 0 N–H and O–H groups in total. The summed E-state index contributed by atoms with van der Waals surface area (Å²) in [5.74, 6) is -0.215. The molecule has 0 aromatic heterocycles. The molecule has 3 rings (SSSR count). The number of hydrogen-bond acceptors (Lipinski definition) is 4. The Bertz CT molecular complexity index is 767. The lowest BCUT2D eigenvalue weighted by Crippen LogP contribution is -2.27. The van der Waals surface area contributed by atoms with Crippen LogP contribution in [0.25, 0.3) is 0 Å². The Hall–Kier alpha value is -2.04. The Balaban J connectivity index is 1.77. The third kappa shape index (κ3) is 4.77. The summed E-state index contributed by atoms with van der Waals surface area (Å²) >= 11 is 11.9. The normalized spacial score (nSPS) is 20.8. The monoisotopic (exact) mass is 388 g/mol. The van der Waals surface area contributed by atoms with Crippen LogP contribution < -0.4 is 10.2 Å². The summed E-state index contributed by atoms with van der Waals surface area (Å²) in [4.78, 5) is 9.17. The van der Waals surface area contributed by atoms with Crippen LogP contribution in [0.3, 0.4) is 0 Å². The van der Waals surface area contributed by atoms with Crippen molar-refractivity contribution in [2.75, 3.05) is 0 Å². The zero-order valence-electron chi connectivity index (χ0n) is 14.1. The van der Waals surface area contributed by atoms with Gasteiger partial charge in [-0.25, -0.2) is 0 Å². The molecule has 0 spiro atoms. The number of rotatable bonds is 4. The first-order chi connectivity index (χ1) is 12.5. The lowest BCUT2D eigenvalue weighted by Gasteiger charge is -2.26. The van der Waals surface area contributed by atoms with Crippen molar-refractivity contribution < 1.29 is 10.2 Å². The van der Waals surface area contributed by atoms with Crippen molar-refractivity contribution in [3.8, 4) is 11.5 Å². The van der Waals surface area contributed by atoms with E-state index in [4.69, 9.17) is 23.2 Å². The predicted molar refractivity (Wildman–Crippen MR) is 103 cm³/mol. The van der Waals surface area contributed by atoms with Crippen LogP contribution in [-0.4, -0.2) is 24.5 Å². The third-order valence-electron chi connectivity index (χ3n) is 4.45. The maximum absolute atomic E-state index is 11.9. The van der Waals surface area contributed by atoms with Crippen LogP contribution in [0, 0.1) is 0 Å². The predicted octanol–water partition coefficient (Wildman–Crippen LogP) is 3.99. The number of aliphatic imine (C=N–C) groups is 2. The van der Waals surface area contributed by atoms with Crippen LogP contribution in [0.2, 0.25) is 10.0 Å². The zero-order chi connectivity index (χ0) is 18.5. The Kier molecular flexibility index (Phi) is 6.17. The molecule has 1 fully saturated rings. The molecular weight excluding hydrogens is 371 g/mol. The van der Waals surface area contributed by atoms with Gasteiger partial charge in [0.1, 0.15) is 0 Å². The molecule has 2 aromatic rings. The number of benzene rings is 2. The molecule has 4 nitrogen and oxygen atoms in total. The average molecular weight is 389 g/mol. The molecule has 6 heteroatoms. The van der Waals surface area contributed by atoms with Gasteiger partial charge in [-0.2, -0.15) is 0 Å². The molecule has 26 heavy (non-hydrogen) atoms. The van der Waals surface area contributed by atoms with Gasteiger partial charge in [-0.15, -0.1) is 0 Å². The number of hydrogen-bond donors (Lipinski definition) is 0. The summed E-state index contributed by atoms with van der Waals surface area (Å²) in [6.07, 6.45) is 7.10. The Labute approximate surface area is 162 Å². The minimum Gasteiger partial charge on any atom is -0.872 e. The Morgan fingerprint density at radius 2 is 1.19 bits per heavy atom. The molecule has 0 heterocycles. The largest absolute Gasteiger partial charge is 0.872 e. The Morgan fingerprint density at radius 3 is 1.62 bits per heavy atom. The average Bonchev–Trinajstić information content (AvgIpc) is 2.64. The SMILES string of the molecule is [O-]c1ccc(Cl)cc1C=NC1CCCCC1N=Cc1cc(Cl)ccc1[O-]. The quantitative estimate of drug-likeness (QED) is 0.742. The van der Waals surface area contributed by atoms with Crippen LogP contribution >= 0.6 is 23.2 Å². The van der Waals surface area contributed by atoms with Gasteiger partial charge in [0.25, 0.3) is 0 Å². The fourth-order valence-electron chi connectivity index (χ4n) is 3.03. The first-order valence-electron chi connectivity index (χ1n) is 8.52. The van der Waals surface area contributed by atoms with Crippen LogP contribution in [0.1, 0.15) is 36.8 Å². The summed E-state index contributed by atoms with van der Waals surface area (Å²) in [6.45, 7) is 0. The molecule has 2 aromatic carbocycles. The number of nitrogens with zero attached hydrogens (tertiary/aromatic N) is 2. The van der Waals surface area contributed by atoms with E-state index in [-0.39, 0.29) is 23.6 Å². The number of halogens is 2. The summed E-state index contributed by atoms with van der Waals surface area (Å²) in [5, 5.41) is 24.8. The van der Waals surface area contributed by atoms with E-state index in [0.29, 0.717) is 21.2 Å². The summed E-state index contributed by atoms with van der Waals surface area (Å²) in [5.41, 5.74) is 0.949. The van der Waals surface area contributed by atoms with E-state index in [1.54, 1.807) is 36.7 Å². The van der Waals surface area contributed by atoms with Gasteiger partial charge >= 0.3 is 0 Å². The van der Waals surface area contributed by atoms with Crippen LogP contribution in [-0.2, 0) is 0 Å². The van der Waals surface area contributed by atoms with Crippen molar-refractivity contribution in [3.05, 3.63) is 57.6 Å². The minimum absolute atomic E-state index is 0.0207. The lowest BCUT2D eigenvalue weighted by atomic mass is 9.91. The van der Waals surface area contributed by atoms with E-state index in [9.17, 15) is 10.2 Å². The molecular formula is C20H18Cl2N2O2-2. The molecule has 2 unspecified atom stereocenters. The van der Waals surface area contributed by atoms with Gasteiger partial charge < -0.3 is 10.2 Å². The van der Waals surface area contributed by atoms with E-state index in [1.807, 2.05) is 0 Å². The fraction of sp³-hybridized carbons (Fsp3) is 0.300. The maximum atomic E-state index is 11.9. The standard InChI is InChI=1S/C20H20Cl2N2O2/c21-15-5-7-19(25)13(9-15)11-23-17-3-1-2-4-18(17)24-12-14-10-16(22)6-8-20(14)26/h5-12,17-18,25-26H,1-4H2/p-2. The van der Waals surface area contributed by atoms with Crippen molar-refractivity contribution in [2.24, 2.45) is 9.98 Å². The molecule has 0 saturated heterocycles. The van der Waals surface area contributed by atoms with Gasteiger partial charge in [0, 0.05) is 22.5 Å². The summed E-state index contributed by atoms with van der Waals surface area (Å²) in [7, 11) is 0. The smallest absolute Gasteiger partial charge is 0.0723 e. The highest BCUT2D eigenvalue weighted by Gasteiger charge is 2.23. The van der Waals surface area contributed by atoms with Gasteiger partial charge in [-0.1, -0.05) is 59.7 Å². The van der Waals surface area contributed by atoms with Crippen LogP contribution in [0.5, 0.6) is 11.5 Å². The highest BCUT2D eigenvalue weighted by atomic mass is 35.5. The molecule has 2 atom stereocenters. The van der Waals surface area contributed by atoms with Crippen LogP contribution in [0.15, 0.2) is 46.4 Å². The van der Waals surface area contributed by atoms with E-state index in [1.165, 1.54) is 12.1 Å². The molecule has 0 amide bonds. The van der Waals surface area contributed by atoms with Gasteiger partial charge in [0.15, 0.2) is 0 Å². The fourth-order valence-corrected chi connectivity index (χ4v) is 3.39. The highest BCUT2D eigenvalue weighted by molar-refractivity contribution is 6.31. The second-order valence-corrected chi connectivity index (χ2v) is 7.21. The van der Waals surface area contributed by atoms with Crippen molar-refractivity contribution >= 4 is 35.6 Å². The Morgan fingerprint density at radius 1 is 0.769 bits per heavy atom.